The molecule has 0 spiro atoms. The zero-order valence-electron chi connectivity index (χ0n) is 10.7. The van der Waals surface area contributed by atoms with Crippen molar-refractivity contribution in [3.63, 3.8) is 0 Å². The van der Waals surface area contributed by atoms with Crippen LogP contribution in [0.2, 0.25) is 0 Å². The summed E-state index contributed by atoms with van der Waals surface area (Å²) in [6.45, 7) is 4.28. The molecule has 2 aromatic rings. The Morgan fingerprint density at radius 3 is 2.56 bits per heavy atom. The molecule has 0 amide bonds. The van der Waals surface area contributed by atoms with Gasteiger partial charge in [0.1, 0.15) is 0 Å². The molecule has 0 aliphatic rings. The van der Waals surface area contributed by atoms with Crippen LogP contribution in [0, 0.1) is 6.92 Å². The first-order valence-electron chi connectivity index (χ1n) is 6.19. The smallest absolute Gasteiger partial charge is 0.0354 e. The molecule has 1 heterocycles. The van der Waals surface area contributed by atoms with Crippen molar-refractivity contribution in [1.82, 2.24) is 0 Å². The second-order valence-electron chi connectivity index (χ2n) is 4.56. The minimum atomic E-state index is 0.0586. The number of rotatable bonds is 4. The van der Waals surface area contributed by atoms with Crippen molar-refractivity contribution >= 4 is 27.3 Å². The van der Waals surface area contributed by atoms with E-state index in [9.17, 15) is 0 Å². The Labute approximate surface area is 121 Å². The molecule has 1 aromatic carbocycles. The van der Waals surface area contributed by atoms with Crippen molar-refractivity contribution in [2.24, 2.45) is 5.73 Å². The molecule has 2 N–H and O–H groups in total. The lowest BCUT2D eigenvalue weighted by atomic mass is 10.0. The molecule has 0 aliphatic carbocycles. The fourth-order valence-corrected chi connectivity index (χ4v) is 3.79. The first kappa shape index (κ1) is 13.8. The molecule has 0 saturated carbocycles. The van der Waals surface area contributed by atoms with Crippen LogP contribution in [-0.4, -0.2) is 0 Å². The van der Waals surface area contributed by atoms with Crippen molar-refractivity contribution < 1.29 is 0 Å². The lowest BCUT2D eigenvalue weighted by Crippen LogP contribution is -2.13. The highest BCUT2D eigenvalue weighted by molar-refractivity contribution is 9.10. The second-order valence-corrected chi connectivity index (χ2v) is 6.66. The molecule has 0 saturated heterocycles. The van der Waals surface area contributed by atoms with E-state index < -0.39 is 0 Å². The zero-order chi connectivity index (χ0) is 13.1. The van der Waals surface area contributed by atoms with Gasteiger partial charge >= 0.3 is 0 Å². The van der Waals surface area contributed by atoms with Crippen LogP contribution in [0.15, 0.2) is 34.8 Å². The molecule has 2 rings (SSSR count). The topological polar surface area (TPSA) is 26.0 Å². The van der Waals surface area contributed by atoms with E-state index in [1.165, 1.54) is 20.9 Å². The summed E-state index contributed by atoms with van der Waals surface area (Å²) in [5, 5.41) is 0. The fraction of sp³-hybridized carbons (Fsp3) is 0.333. The van der Waals surface area contributed by atoms with Crippen molar-refractivity contribution in [3.05, 3.63) is 55.7 Å². The molecule has 0 bridgehead atoms. The van der Waals surface area contributed by atoms with Gasteiger partial charge in [0.05, 0.1) is 0 Å². The van der Waals surface area contributed by atoms with E-state index in [1.807, 2.05) is 11.3 Å². The largest absolute Gasteiger partial charge is 0.324 e. The number of aryl methyl sites for hydroxylation is 2. The van der Waals surface area contributed by atoms with Crippen LogP contribution >= 0.6 is 27.3 Å². The first-order valence-corrected chi connectivity index (χ1v) is 7.80. The van der Waals surface area contributed by atoms with Crippen molar-refractivity contribution in [2.45, 2.75) is 32.7 Å². The van der Waals surface area contributed by atoms with Gasteiger partial charge in [-0.3, -0.25) is 0 Å². The Hall–Kier alpha value is -0.640. The normalized spacial score (nSPS) is 12.7. The van der Waals surface area contributed by atoms with Crippen LogP contribution in [0.4, 0.5) is 0 Å². The van der Waals surface area contributed by atoms with Gasteiger partial charge in [-0.25, -0.2) is 0 Å². The maximum absolute atomic E-state index is 6.31. The molecule has 1 unspecified atom stereocenters. The molecular formula is C15H18BrNS. The van der Waals surface area contributed by atoms with Crippen LogP contribution in [0.5, 0.6) is 0 Å². The van der Waals surface area contributed by atoms with Crippen molar-refractivity contribution in [3.8, 4) is 0 Å². The number of halogens is 1. The minimum absolute atomic E-state index is 0.0586. The van der Waals surface area contributed by atoms with Gasteiger partial charge in [-0.05, 0) is 42.7 Å². The first-order chi connectivity index (χ1) is 8.60. The summed E-state index contributed by atoms with van der Waals surface area (Å²) in [5.74, 6) is 0. The SMILES string of the molecule is CCc1ccc(CC(N)c2ccc(C)cc2Br)s1. The van der Waals surface area contributed by atoms with E-state index in [-0.39, 0.29) is 6.04 Å². The van der Waals surface area contributed by atoms with E-state index in [0.717, 1.165) is 17.3 Å². The summed E-state index contributed by atoms with van der Waals surface area (Å²) in [4.78, 5) is 2.80. The predicted octanol–water partition coefficient (Wildman–Crippen LogP) is 4.62. The molecule has 0 aliphatic heterocycles. The molecule has 1 aromatic heterocycles. The number of hydrogen-bond donors (Lipinski definition) is 1. The Morgan fingerprint density at radius 1 is 1.22 bits per heavy atom. The van der Waals surface area contributed by atoms with E-state index >= 15 is 0 Å². The van der Waals surface area contributed by atoms with Gasteiger partial charge in [-0.2, -0.15) is 0 Å². The van der Waals surface area contributed by atoms with Gasteiger partial charge in [-0.1, -0.05) is 35.0 Å². The van der Waals surface area contributed by atoms with Crippen molar-refractivity contribution in [1.29, 1.82) is 0 Å². The Kier molecular flexibility index (Phi) is 4.60. The highest BCUT2D eigenvalue weighted by Gasteiger charge is 2.12. The van der Waals surface area contributed by atoms with Gasteiger partial charge in [0.25, 0.3) is 0 Å². The summed E-state index contributed by atoms with van der Waals surface area (Å²) in [5.41, 5.74) is 8.74. The number of nitrogens with two attached hydrogens (primary N) is 1. The summed E-state index contributed by atoms with van der Waals surface area (Å²) >= 11 is 5.47. The maximum atomic E-state index is 6.31. The fourth-order valence-electron chi connectivity index (χ4n) is 1.98. The molecule has 1 nitrogen and oxygen atoms in total. The number of benzene rings is 1. The van der Waals surface area contributed by atoms with Crippen molar-refractivity contribution in [2.75, 3.05) is 0 Å². The molecule has 0 fully saturated rings. The quantitative estimate of drug-likeness (QED) is 0.872. The van der Waals surface area contributed by atoms with E-state index in [0.29, 0.717) is 0 Å². The molecule has 3 heteroatoms. The van der Waals surface area contributed by atoms with Gasteiger partial charge in [0.2, 0.25) is 0 Å². The number of hydrogen-bond acceptors (Lipinski definition) is 2. The number of thiophene rings is 1. The third kappa shape index (κ3) is 3.22. The lowest BCUT2D eigenvalue weighted by molar-refractivity contribution is 0.726. The Morgan fingerprint density at radius 2 is 1.94 bits per heavy atom. The molecule has 96 valence electrons. The van der Waals surface area contributed by atoms with Crippen LogP contribution < -0.4 is 5.73 Å². The standard InChI is InChI=1S/C15H18BrNS/c1-3-11-5-6-12(18-11)9-15(17)13-7-4-10(2)8-14(13)16/h4-8,15H,3,9,17H2,1-2H3. The predicted molar refractivity (Wildman–Crippen MR) is 83.2 cm³/mol. The second kappa shape index (κ2) is 6.00. The summed E-state index contributed by atoms with van der Waals surface area (Å²) in [7, 11) is 0. The molecule has 18 heavy (non-hydrogen) atoms. The third-order valence-electron chi connectivity index (χ3n) is 3.04. The lowest BCUT2D eigenvalue weighted by Gasteiger charge is -2.13. The minimum Gasteiger partial charge on any atom is -0.324 e. The third-order valence-corrected chi connectivity index (χ3v) is 4.98. The highest BCUT2D eigenvalue weighted by Crippen LogP contribution is 2.28. The van der Waals surface area contributed by atoms with Gasteiger partial charge in [0.15, 0.2) is 0 Å². The van der Waals surface area contributed by atoms with Crippen LogP contribution in [0.3, 0.4) is 0 Å². The van der Waals surface area contributed by atoms with Gasteiger partial charge in [-0.15, -0.1) is 11.3 Å². The van der Waals surface area contributed by atoms with E-state index in [4.69, 9.17) is 5.73 Å². The highest BCUT2D eigenvalue weighted by atomic mass is 79.9. The average Bonchev–Trinajstić information content (AvgIpc) is 2.76. The molecule has 0 radical (unpaired) electrons. The van der Waals surface area contributed by atoms with Crippen LogP contribution in [0.25, 0.3) is 0 Å². The molecule has 1 atom stereocenters. The summed E-state index contributed by atoms with van der Waals surface area (Å²) in [6, 6.07) is 10.8. The average molecular weight is 324 g/mol. The zero-order valence-corrected chi connectivity index (χ0v) is 13.1. The van der Waals surface area contributed by atoms with Gasteiger partial charge < -0.3 is 5.73 Å². The Balaban J connectivity index is 2.13. The summed E-state index contributed by atoms with van der Waals surface area (Å²) in [6.07, 6.45) is 2.01. The van der Waals surface area contributed by atoms with Crippen LogP contribution in [-0.2, 0) is 12.8 Å². The Bertz CT molecular complexity index is 533. The van der Waals surface area contributed by atoms with E-state index in [2.05, 4.69) is 60.1 Å². The van der Waals surface area contributed by atoms with E-state index in [1.54, 1.807) is 0 Å². The van der Waals surface area contributed by atoms with Gasteiger partial charge in [0, 0.05) is 26.7 Å². The monoisotopic (exact) mass is 323 g/mol. The maximum Gasteiger partial charge on any atom is 0.0354 e. The summed E-state index contributed by atoms with van der Waals surface area (Å²) < 4.78 is 1.11. The van der Waals surface area contributed by atoms with Crippen LogP contribution in [0.1, 0.15) is 33.8 Å². The molecular weight excluding hydrogens is 306 g/mol.